The van der Waals surface area contributed by atoms with Gasteiger partial charge in [-0.15, -0.1) is 0 Å². The van der Waals surface area contributed by atoms with E-state index in [1.54, 1.807) is 32.9 Å². The number of ether oxygens (including phenoxy) is 5. The van der Waals surface area contributed by atoms with E-state index in [4.69, 9.17) is 33.8 Å². The smallest absolute Gasteiger partial charge is 0.307 e. The van der Waals surface area contributed by atoms with Crippen LogP contribution in [0.2, 0.25) is 0 Å². The van der Waals surface area contributed by atoms with Crippen LogP contribution in [-0.4, -0.2) is 73.0 Å². The summed E-state index contributed by atoms with van der Waals surface area (Å²) >= 11 is 0. The summed E-state index contributed by atoms with van der Waals surface area (Å²) in [7, 11) is 0. The molecule has 0 unspecified atom stereocenters. The maximum absolute atomic E-state index is 13.3. The minimum atomic E-state index is -0.929. The predicted molar refractivity (Wildman–Crippen MR) is 200 cm³/mol. The van der Waals surface area contributed by atoms with Crippen LogP contribution >= 0.6 is 0 Å². The molecular weight excluding hydrogens is 665 g/mol. The van der Waals surface area contributed by atoms with Gasteiger partial charge in [0.1, 0.15) is 17.3 Å². The minimum Gasteiger partial charge on any atom is -0.493 e. The third kappa shape index (κ3) is 13.0. The SMILES string of the molecule is CC(C)(C)O.CCOCCOCCOCc1nc(C)c(CC(=O)O)c(-c2ccc3c(c2)CCCO3)c1-c1ccc(OCCc2ccc(F)cc2)cc1. The first kappa shape index (κ1) is 40.4. The third-order valence-electron chi connectivity index (χ3n) is 8.01. The number of aryl methyl sites for hydroxylation is 2. The molecule has 1 aliphatic rings. The second-order valence-corrected chi connectivity index (χ2v) is 13.5. The lowest BCUT2D eigenvalue weighted by Gasteiger charge is -2.23. The van der Waals surface area contributed by atoms with Crippen molar-refractivity contribution in [2.75, 3.05) is 46.2 Å². The number of carbonyl (C=O) groups is 1. The Balaban J connectivity index is 0.00000113. The van der Waals surface area contributed by atoms with Gasteiger partial charge in [-0.2, -0.15) is 0 Å². The molecule has 10 heteroatoms. The molecule has 2 N–H and O–H groups in total. The molecule has 4 aromatic rings. The van der Waals surface area contributed by atoms with Crippen molar-refractivity contribution in [3.63, 3.8) is 0 Å². The Hall–Kier alpha value is -4.35. The molecule has 0 saturated carbocycles. The van der Waals surface area contributed by atoms with Crippen molar-refractivity contribution >= 4 is 5.97 Å². The van der Waals surface area contributed by atoms with E-state index in [9.17, 15) is 14.3 Å². The van der Waals surface area contributed by atoms with Crippen molar-refractivity contribution in [2.24, 2.45) is 0 Å². The summed E-state index contributed by atoms with van der Waals surface area (Å²) in [5.74, 6) is 0.362. The van der Waals surface area contributed by atoms with Gasteiger partial charge in [0.2, 0.25) is 0 Å². The lowest BCUT2D eigenvalue weighted by atomic mass is 9.86. The minimum absolute atomic E-state index is 0.172. The van der Waals surface area contributed by atoms with Crippen LogP contribution in [0.25, 0.3) is 22.3 Å². The van der Waals surface area contributed by atoms with Gasteiger partial charge in [-0.3, -0.25) is 9.78 Å². The first-order valence-electron chi connectivity index (χ1n) is 17.9. The molecule has 52 heavy (non-hydrogen) atoms. The van der Waals surface area contributed by atoms with Crippen molar-refractivity contribution in [1.82, 2.24) is 4.98 Å². The number of halogens is 1. The number of fused-ring (bicyclic) bond motifs is 1. The maximum atomic E-state index is 13.3. The second kappa shape index (κ2) is 20.0. The highest BCUT2D eigenvalue weighted by Crippen LogP contribution is 2.41. The normalized spacial score (nSPS) is 12.4. The van der Waals surface area contributed by atoms with Gasteiger partial charge in [-0.1, -0.05) is 30.3 Å². The van der Waals surface area contributed by atoms with Crippen molar-refractivity contribution in [3.8, 4) is 33.8 Å². The van der Waals surface area contributed by atoms with Crippen molar-refractivity contribution in [2.45, 2.75) is 72.5 Å². The van der Waals surface area contributed by atoms with Gasteiger partial charge in [-0.25, -0.2) is 4.39 Å². The van der Waals surface area contributed by atoms with E-state index >= 15 is 0 Å². The number of pyridine rings is 1. The van der Waals surface area contributed by atoms with E-state index in [1.165, 1.54) is 12.1 Å². The number of nitrogens with zero attached hydrogens (tertiary/aromatic N) is 1. The Morgan fingerprint density at radius 2 is 1.54 bits per heavy atom. The lowest BCUT2D eigenvalue weighted by molar-refractivity contribution is -0.136. The number of benzene rings is 3. The predicted octanol–water partition coefficient (Wildman–Crippen LogP) is 7.78. The Bertz CT molecular complexity index is 1710. The van der Waals surface area contributed by atoms with Crippen LogP contribution in [0.5, 0.6) is 11.5 Å². The first-order valence-corrected chi connectivity index (χ1v) is 17.9. The molecule has 0 saturated heterocycles. The van der Waals surface area contributed by atoms with Crippen LogP contribution in [0.3, 0.4) is 0 Å². The van der Waals surface area contributed by atoms with Gasteiger partial charge in [0, 0.05) is 24.3 Å². The highest BCUT2D eigenvalue weighted by Gasteiger charge is 2.24. The monoisotopic (exact) mass is 717 g/mol. The molecule has 0 fully saturated rings. The number of aromatic nitrogens is 1. The van der Waals surface area contributed by atoms with E-state index in [0.29, 0.717) is 75.4 Å². The number of aliphatic carboxylic acids is 1. The number of hydrogen-bond donors (Lipinski definition) is 2. The van der Waals surface area contributed by atoms with Gasteiger partial charge >= 0.3 is 5.97 Å². The van der Waals surface area contributed by atoms with Crippen molar-refractivity contribution in [1.29, 1.82) is 0 Å². The quantitative estimate of drug-likeness (QED) is 0.106. The molecular formula is C42H52FNO8. The summed E-state index contributed by atoms with van der Waals surface area (Å²) in [5.41, 5.74) is 7.02. The molecule has 0 atom stereocenters. The Labute approximate surface area is 306 Å². The molecule has 0 aliphatic carbocycles. The summed E-state index contributed by atoms with van der Waals surface area (Å²) in [4.78, 5) is 17.1. The van der Waals surface area contributed by atoms with Crippen LogP contribution in [0, 0.1) is 12.7 Å². The fourth-order valence-electron chi connectivity index (χ4n) is 5.73. The molecule has 280 valence electrons. The van der Waals surface area contributed by atoms with Gasteiger partial charge in [0.05, 0.1) is 64.0 Å². The van der Waals surface area contributed by atoms with Crippen molar-refractivity contribution in [3.05, 3.63) is 101 Å². The van der Waals surface area contributed by atoms with Crippen LogP contribution < -0.4 is 9.47 Å². The second-order valence-electron chi connectivity index (χ2n) is 13.5. The zero-order valence-corrected chi connectivity index (χ0v) is 31.0. The summed E-state index contributed by atoms with van der Waals surface area (Å²) in [6, 6.07) is 20.2. The van der Waals surface area contributed by atoms with Crippen molar-refractivity contribution < 1.29 is 43.1 Å². The largest absolute Gasteiger partial charge is 0.493 e. The number of rotatable bonds is 17. The molecule has 2 heterocycles. The van der Waals surface area contributed by atoms with E-state index in [1.807, 2.05) is 50.2 Å². The fraction of sp³-hybridized carbons (Fsp3) is 0.429. The Kier molecular flexibility index (Phi) is 15.6. The molecule has 1 aliphatic heterocycles. The average Bonchev–Trinajstić information content (AvgIpc) is 3.10. The van der Waals surface area contributed by atoms with Crippen LogP contribution in [0.1, 0.15) is 62.2 Å². The van der Waals surface area contributed by atoms with E-state index in [2.05, 4.69) is 6.07 Å². The molecule has 0 amide bonds. The van der Waals surface area contributed by atoms with E-state index in [0.717, 1.165) is 52.0 Å². The van der Waals surface area contributed by atoms with Crippen LogP contribution in [-0.2, 0) is 44.9 Å². The first-order chi connectivity index (χ1) is 24.9. The highest BCUT2D eigenvalue weighted by atomic mass is 19.1. The van der Waals surface area contributed by atoms with Crippen LogP contribution in [0.4, 0.5) is 4.39 Å². The molecule has 5 rings (SSSR count). The van der Waals surface area contributed by atoms with Gasteiger partial charge in [0.15, 0.2) is 0 Å². The number of hydrogen-bond acceptors (Lipinski definition) is 8. The Morgan fingerprint density at radius 1 is 0.885 bits per heavy atom. The van der Waals surface area contributed by atoms with Gasteiger partial charge < -0.3 is 33.9 Å². The number of carboxylic acids is 1. The molecule has 9 nitrogen and oxygen atoms in total. The average molecular weight is 718 g/mol. The van der Waals surface area contributed by atoms with Gasteiger partial charge in [-0.05, 0) is 117 Å². The Morgan fingerprint density at radius 3 is 2.21 bits per heavy atom. The molecule has 0 bridgehead atoms. The summed E-state index contributed by atoms with van der Waals surface area (Å²) < 4.78 is 42.2. The summed E-state index contributed by atoms with van der Waals surface area (Å²) in [6.07, 6.45) is 2.29. The zero-order chi connectivity index (χ0) is 37.5. The topological polar surface area (TPSA) is 117 Å². The maximum Gasteiger partial charge on any atom is 0.307 e. The highest BCUT2D eigenvalue weighted by molar-refractivity contribution is 5.90. The standard InChI is InChI=1S/C38H42FNO7.C4H10O/c1-3-43-19-20-44-21-22-45-25-34-38(28-8-13-32(14-9-28)46-18-16-27-6-11-31(39)12-7-27)37(33(24-36(41)42)26(2)40-34)30-10-15-35-29(23-30)5-4-17-47-35;1-4(2,3)5/h6-15,23H,3-5,16-22,24-25H2,1-2H3,(H,41,42);5H,1-3H3. The molecule has 0 spiro atoms. The summed E-state index contributed by atoms with van der Waals surface area (Å²) in [6.45, 7) is 12.8. The fourth-order valence-corrected chi connectivity index (χ4v) is 5.73. The number of aliphatic hydroxyl groups is 1. The molecule has 0 radical (unpaired) electrons. The molecule has 1 aromatic heterocycles. The summed E-state index contributed by atoms with van der Waals surface area (Å²) in [5, 5.41) is 18.5. The zero-order valence-electron chi connectivity index (χ0n) is 31.0. The van der Waals surface area contributed by atoms with E-state index in [-0.39, 0.29) is 18.8 Å². The number of carboxylic acid groups (broad SMARTS) is 1. The molecule has 3 aromatic carbocycles. The van der Waals surface area contributed by atoms with Crippen LogP contribution in [0.15, 0.2) is 66.7 Å². The van der Waals surface area contributed by atoms with E-state index < -0.39 is 11.6 Å². The van der Waals surface area contributed by atoms with Gasteiger partial charge in [0.25, 0.3) is 0 Å². The third-order valence-corrected chi connectivity index (χ3v) is 8.01. The lowest BCUT2D eigenvalue weighted by Crippen LogP contribution is -2.13.